The molecule has 0 saturated heterocycles. The summed E-state index contributed by atoms with van der Waals surface area (Å²) in [5.41, 5.74) is 0. The van der Waals surface area contributed by atoms with Crippen molar-refractivity contribution in [1.82, 2.24) is 0 Å². The zero-order valence-electron chi connectivity index (χ0n) is 3.55. The first-order chi connectivity index (χ1) is 2.00. The van der Waals surface area contributed by atoms with Crippen LogP contribution in [0, 0.1) is 0 Å². The van der Waals surface area contributed by atoms with Crippen molar-refractivity contribution in [1.29, 1.82) is 0 Å². The van der Waals surface area contributed by atoms with Crippen LogP contribution in [-0.4, -0.2) is 13.8 Å². The van der Waals surface area contributed by atoms with E-state index in [1.54, 1.807) is 0 Å². The fourth-order valence-corrected chi connectivity index (χ4v) is 0. The molecule has 37 valence electrons. The Kier molecular flexibility index (Phi) is 12.9. The van der Waals surface area contributed by atoms with Gasteiger partial charge in [0.15, 0.2) is 0 Å². The summed E-state index contributed by atoms with van der Waals surface area (Å²) < 4.78 is 0. The Morgan fingerprint density at radius 3 is 1.14 bits per heavy atom. The number of hydrogen-bond acceptors (Lipinski definition) is 4. The van der Waals surface area contributed by atoms with Crippen molar-refractivity contribution in [3.63, 3.8) is 0 Å². The average molecular weight is 171 g/mol. The van der Waals surface area contributed by atoms with Crippen LogP contribution in [0.5, 0.6) is 0 Å². The second-order valence-corrected chi connectivity index (χ2v) is 1.57. The fraction of sp³-hybridized carbons (Fsp3) is 0. The molecule has 0 amide bonds. The summed E-state index contributed by atoms with van der Waals surface area (Å²) in [5, 5.41) is 0. The van der Waals surface area contributed by atoms with Crippen LogP contribution in [0.3, 0.4) is 0 Å². The van der Waals surface area contributed by atoms with Crippen molar-refractivity contribution >= 4 is 9.05 Å². The summed E-state index contributed by atoms with van der Waals surface area (Å²) in [7, 11) is -5.36. The van der Waals surface area contributed by atoms with E-state index in [0.717, 1.165) is 0 Å². The van der Waals surface area contributed by atoms with Gasteiger partial charge in [0.2, 0.25) is 0 Å². The van der Waals surface area contributed by atoms with Gasteiger partial charge in [0, 0.05) is 0 Å². The summed E-state index contributed by atoms with van der Waals surface area (Å²) in [5.74, 6) is 0. The van der Waals surface area contributed by atoms with E-state index < -0.39 is 9.05 Å². The maximum absolute atomic E-state index is 8.69. The smallest absolute Gasteiger partial charge is 0.861 e. The van der Waals surface area contributed by atoms with Gasteiger partial charge < -0.3 is 19.2 Å². The molecular weight excluding hydrogens is 170 g/mol. The van der Waals surface area contributed by atoms with Crippen molar-refractivity contribution in [2.45, 2.75) is 0 Å². The Labute approximate surface area is 74.4 Å². The predicted octanol–water partition coefficient (Wildman–Crippen LogP) is -7.50. The third kappa shape index (κ3) is 94.8. The summed E-state index contributed by atoms with van der Waals surface area (Å²) in [6.45, 7) is 0. The normalized spacial score (nSPS) is 8.57. The second kappa shape index (κ2) is 5.71. The fourth-order valence-electron chi connectivity index (χ4n) is 0. The molecule has 0 aromatic heterocycles. The Morgan fingerprint density at radius 1 is 1.14 bits per heavy atom. The molecule has 0 atom stereocenters. The van der Waals surface area contributed by atoms with E-state index in [4.69, 9.17) is 19.2 Å². The summed E-state index contributed by atoms with van der Waals surface area (Å²) in [6.07, 6.45) is 0. The van der Waals surface area contributed by atoms with E-state index in [-0.39, 0.29) is 46.6 Å². The monoisotopic (exact) mass is 171 g/mol. The maximum atomic E-state index is 8.69. The summed E-state index contributed by atoms with van der Waals surface area (Å²) in [4.78, 5) is 33.1. The molecule has 0 fully saturated rings. The molecule has 4 nitrogen and oxygen atoms in total. The molecule has 0 bridgehead atoms. The van der Waals surface area contributed by atoms with Crippen molar-refractivity contribution in [2.75, 3.05) is 0 Å². The molecule has 0 aromatic rings. The largest absolute Gasteiger partial charge is 2.00 e. The van der Waals surface area contributed by atoms with Crippen LogP contribution in [0.4, 0.5) is 0 Å². The number of rotatable bonds is 0. The molecule has 0 unspecified atom stereocenters. The molecule has 0 aliphatic carbocycles. The Balaban J connectivity index is -0.0000000800. The minimum atomic E-state index is -5.36. The Bertz CT molecular complexity index is 27.2. The van der Waals surface area contributed by atoms with Gasteiger partial charge in [-0.05, 0) is 0 Å². The van der Waals surface area contributed by atoms with E-state index in [1.165, 1.54) is 0 Å². The summed E-state index contributed by atoms with van der Waals surface area (Å²) in [6, 6.07) is 0. The van der Waals surface area contributed by atoms with Crippen molar-refractivity contribution < 1.29 is 65.8 Å². The molecule has 1 radical (unpaired) electrons. The van der Waals surface area contributed by atoms with Crippen LogP contribution in [0.2, 0.25) is 0 Å². The third-order valence-corrected chi connectivity index (χ3v) is 0. The van der Waals surface area contributed by atoms with Crippen LogP contribution in [0.15, 0.2) is 0 Å². The molecular formula is HMnNaO4Si. The minimum absolute atomic E-state index is 0. The predicted molar refractivity (Wildman–Crippen MR) is 7.97 cm³/mol. The second-order valence-electron chi connectivity index (χ2n) is 0.524. The van der Waals surface area contributed by atoms with Gasteiger partial charge in [-0.1, -0.05) is 0 Å². The quantitative estimate of drug-likeness (QED) is 0.366. The van der Waals surface area contributed by atoms with Gasteiger partial charge in [0.1, 0.15) is 0 Å². The van der Waals surface area contributed by atoms with E-state index in [1.807, 2.05) is 0 Å². The van der Waals surface area contributed by atoms with Crippen molar-refractivity contribution in [3.05, 3.63) is 0 Å². The first-order valence-corrected chi connectivity index (χ1v) is 2.51. The van der Waals surface area contributed by atoms with Crippen LogP contribution < -0.4 is 43.9 Å². The zero-order valence-corrected chi connectivity index (χ0v) is 7.73. The zero-order chi connectivity index (χ0) is 4.50. The van der Waals surface area contributed by atoms with E-state index in [9.17, 15) is 0 Å². The van der Waals surface area contributed by atoms with Gasteiger partial charge in [0.05, 0.1) is 0 Å². The standard InChI is InChI=1S/Mn.Na.HO4Si/c;;1-5(2,3)4/h;;1H/q+2;+1;-3. The van der Waals surface area contributed by atoms with Crippen LogP contribution in [0.1, 0.15) is 0 Å². The molecule has 0 heterocycles. The average Bonchev–Trinajstić information content (AvgIpc) is 0.722. The minimum Gasteiger partial charge on any atom is -0.861 e. The van der Waals surface area contributed by atoms with E-state index in [0.29, 0.717) is 0 Å². The third-order valence-electron chi connectivity index (χ3n) is 0. The van der Waals surface area contributed by atoms with Gasteiger partial charge in [-0.3, -0.25) is 0 Å². The molecule has 0 aliphatic heterocycles. The van der Waals surface area contributed by atoms with Gasteiger partial charge in [-0.25, -0.2) is 0 Å². The van der Waals surface area contributed by atoms with Crippen molar-refractivity contribution in [2.24, 2.45) is 0 Å². The Hall–Kier alpha value is 1.58. The molecule has 7 heavy (non-hydrogen) atoms. The molecule has 0 aliphatic rings. The van der Waals surface area contributed by atoms with Gasteiger partial charge in [-0.15, -0.1) is 9.05 Å². The van der Waals surface area contributed by atoms with Gasteiger partial charge in [-0.2, -0.15) is 0 Å². The van der Waals surface area contributed by atoms with Crippen LogP contribution in [0.25, 0.3) is 0 Å². The molecule has 7 heteroatoms. The molecule has 0 saturated carbocycles. The SMILES string of the molecule is [Mn+2].[Na+].[O-][Si]([O-])([O-])O. The molecule has 0 rings (SSSR count). The first kappa shape index (κ1) is 15.8. The maximum Gasteiger partial charge on any atom is 2.00 e. The van der Waals surface area contributed by atoms with Gasteiger partial charge in [0.25, 0.3) is 0 Å². The molecule has 1 N–H and O–H groups in total. The van der Waals surface area contributed by atoms with Crippen LogP contribution in [-0.2, 0) is 17.1 Å². The van der Waals surface area contributed by atoms with Crippen LogP contribution >= 0.6 is 0 Å². The van der Waals surface area contributed by atoms with Crippen molar-refractivity contribution in [3.8, 4) is 0 Å². The first-order valence-electron chi connectivity index (χ1n) is 0.836. The van der Waals surface area contributed by atoms with E-state index in [2.05, 4.69) is 0 Å². The molecule has 0 spiro atoms. The molecule has 0 aromatic carbocycles. The van der Waals surface area contributed by atoms with E-state index >= 15 is 0 Å². The number of hydrogen-bond donors (Lipinski definition) is 1. The Morgan fingerprint density at radius 2 is 1.14 bits per heavy atom. The summed E-state index contributed by atoms with van der Waals surface area (Å²) >= 11 is 0. The van der Waals surface area contributed by atoms with Gasteiger partial charge >= 0.3 is 46.6 Å². The topological polar surface area (TPSA) is 89.4 Å².